The summed E-state index contributed by atoms with van der Waals surface area (Å²) >= 11 is 0. The Morgan fingerprint density at radius 3 is 2.52 bits per heavy atom. The fourth-order valence-corrected chi connectivity index (χ4v) is 3.17. The Labute approximate surface area is 155 Å². The minimum Gasteiger partial charge on any atom is -0.328 e. The van der Waals surface area contributed by atoms with E-state index in [-0.39, 0.29) is 11.7 Å². The van der Waals surface area contributed by atoms with E-state index in [0.29, 0.717) is 22.9 Å². The minimum absolute atomic E-state index is 0.251. The van der Waals surface area contributed by atoms with Gasteiger partial charge in [0.2, 0.25) is 5.95 Å². The zero-order chi connectivity index (χ0) is 19.0. The molecule has 0 aliphatic carbocycles. The van der Waals surface area contributed by atoms with Crippen LogP contribution in [0.5, 0.6) is 0 Å². The van der Waals surface area contributed by atoms with E-state index in [1.54, 1.807) is 16.8 Å². The van der Waals surface area contributed by atoms with Crippen LogP contribution in [0.15, 0.2) is 66.1 Å². The predicted molar refractivity (Wildman–Crippen MR) is 101 cm³/mol. The number of carbonyl (C=O) groups is 1. The number of fused-ring (bicyclic) bond motifs is 1. The number of benzene rings is 2. The van der Waals surface area contributed by atoms with Crippen molar-refractivity contribution >= 4 is 17.5 Å². The molecule has 0 fully saturated rings. The molecule has 1 atom stereocenters. The molecule has 1 aromatic heterocycles. The van der Waals surface area contributed by atoms with Crippen molar-refractivity contribution in [3.05, 3.63) is 83.1 Å². The van der Waals surface area contributed by atoms with E-state index in [9.17, 15) is 9.18 Å². The Kier molecular flexibility index (Phi) is 4.19. The summed E-state index contributed by atoms with van der Waals surface area (Å²) in [6.45, 7) is 3.80. The van der Waals surface area contributed by atoms with E-state index >= 15 is 0 Å². The van der Waals surface area contributed by atoms with Gasteiger partial charge in [0.05, 0.1) is 5.57 Å². The van der Waals surface area contributed by atoms with E-state index in [4.69, 9.17) is 0 Å². The lowest BCUT2D eigenvalue weighted by Gasteiger charge is -2.28. The van der Waals surface area contributed by atoms with Gasteiger partial charge in [-0.05, 0) is 43.7 Å². The number of anilines is 2. The first-order valence-corrected chi connectivity index (χ1v) is 8.54. The Morgan fingerprint density at radius 1 is 1.11 bits per heavy atom. The van der Waals surface area contributed by atoms with Crippen molar-refractivity contribution in [2.75, 3.05) is 10.6 Å². The van der Waals surface area contributed by atoms with Crippen LogP contribution in [0.3, 0.4) is 0 Å². The molecule has 4 rings (SSSR count). The smallest absolute Gasteiger partial charge is 0.255 e. The van der Waals surface area contributed by atoms with E-state index in [1.165, 1.54) is 18.5 Å². The van der Waals surface area contributed by atoms with Crippen molar-refractivity contribution in [3.63, 3.8) is 0 Å². The van der Waals surface area contributed by atoms with Crippen molar-refractivity contribution in [2.24, 2.45) is 0 Å². The molecule has 27 heavy (non-hydrogen) atoms. The quantitative estimate of drug-likeness (QED) is 0.745. The van der Waals surface area contributed by atoms with Gasteiger partial charge in [0.15, 0.2) is 0 Å². The first kappa shape index (κ1) is 17.0. The average molecular weight is 363 g/mol. The third-order valence-corrected chi connectivity index (χ3v) is 4.53. The average Bonchev–Trinajstić information content (AvgIpc) is 3.11. The first-order valence-electron chi connectivity index (χ1n) is 8.54. The molecule has 1 unspecified atom stereocenters. The molecular weight excluding hydrogens is 345 g/mol. The van der Waals surface area contributed by atoms with Crippen LogP contribution in [0.1, 0.15) is 24.1 Å². The SMILES string of the molecule is CC1=C(C(=O)Nc2ccc(C)cc2)C(c2ccc(F)cc2)n2ncnc2N1. The molecule has 2 N–H and O–H groups in total. The van der Waals surface area contributed by atoms with Crippen LogP contribution < -0.4 is 10.6 Å². The molecule has 0 saturated carbocycles. The molecule has 0 radical (unpaired) electrons. The van der Waals surface area contributed by atoms with Crippen LogP contribution in [-0.2, 0) is 4.79 Å². The fraction of sp³-hybridized carbons (Fsp3) is 0.150. The monoisotopic (exact) mass is 363 g/mol. The molecule has 7 heteroatoms. The number of nitrogens with zero attached hydrogens (tertiary/aromatic N) is 3. The number of amides is 1. The molecule has 1 aliphatic heterocycles. The highest BCUT2D eigenvalue weighted by Gasteiger charge is 2.33. The number of aryl methyl sites for hydroxylation is 1. The molecule has 1 amide bonds. The third-order valence-electron chi connectivity index (χ3n) is 4.53. The largest absolute Gasteiger partial charge is 0.328 e. The maximum absolute atomic E-state index is 13.4. The summed E-state index contributed by atoms with van der Waals surface area (Å²) in [7, 11) is 0. The highest BCUT2D eigenvalue weighted by atomic mass is 19.1. The number of carbonyl (C=O) groups excluding carboxylic acids is 1. The van der Waals surface area contributed by atoms with Crippen LogP contribution in [0.4, 0.5) is 16.0 Å². The van der Waals surface area contributed by atoms with Crippen molar-refractivity contribution in [3.8, 4) is 0 Å². The third kappa shape index (κ3) is 3.19. The summed E-state index contributed by atoms with van der Waals surface area (Å²) in [5.41, 5.74) is 3.74. The number of hydrogen-bond donors (Lipinski definition) is 2. The van der Waals surface area contributed by atoms with E-state index in [0.717, 1.165) is 11.1 Å². The van der Waals surface area contributed by atoms with Gasteiger partial charge < -0.3 is 10.6 Å². The number of rotatable bonds is 3. The Hall–Kier alpha value is -3.48. The van der Waals surface area contributed by atoms with Gasteiger partial charge >= 0.3 is 0 Å². The van der Waals surface area contributed by atoms with E-state index in [2.05, 4.69) is 20.7 Å². The molecule has 0 saturated heterocycles. The summed E-state index contributed by atoms with van der Waals surface area (Å²) in [6.07, 6.45) is 1.42. The lowest BCUT2D eigenvalue weighted by atomic mass is 9.95. The van der Waals surface area contributed by atoms with Gasteiger partial charge in [-0.1, -0.05) is 29.8 Å². The zero-order valence-electron chi connectivity index (χ0n) is 14.9. The molecule has 136 valence electrons. The topological polar surface area (TPSA) is 71.8 Å². The van der Waals surface area contributed by atoms with Crippen molar-refractivity contribution in [1.82, 2.24) is 14.8 Å². The van der Waals surface area contributed by atoms with Crippen LogP contribution >= 0.6 is 0 Å². The van der Waals surface area contributed by atoms with Crippen molar-refractivity contribution in [2.45, 2.75) is 19.9 Å². The van der Waals surface area contributed by atoms with Crippen LogP contribution in [0, 0.1) is 12.7 Å². The van der Waals surface area contributed by atoms with Gasteiger partial charge in [-0.2, -0.15) is 10.1 Å². The van der Waals surface area contributed by atoms with Gasteiger partial charge in [0, 0.05) is 11.4 Å². The maximum atomic E-state index is 13.4. The highest BCUT2D eigenvalue weighted by Crippen LogP contribution is 2.35. The summed E-state index contributed by atoms with van der Waals surface area (Å²) < 4.78 is 15.0. The second kappa shape index (κ2) is 6.68. The molecule has 1 aliphatic rings. The van der Waals surface area contributed by atoms with E-state index in [1.807, 2.05) is 38.1 Å². The number of hydrogen-bond acceptors (Lipinski definition) is 4. The second-order valence-corrected chi connectivity index (χ2v) is 6.47. The second-order valence-electron chi connectivity index (χ2n) is 6.47. The molecule has 0 spiro atoms. The molecule has 0 bridgehead atoms. The molecule has 3 aromatic rings. The van der Waals surface area contributed by atoms with Gasteiger partial charge in [0.1, 0.15) is 18.2 Å². The Bertz CT molecular complexity index is 1020. The normalized spacial score (nSPS) is 15.9. The summed E-state index contributed by atoms with van der Waals surface area (Å²) in [5, 5.41) is 10.3. The predicted octanol–water partition coefficient (Wildman–Crippen LogP) is 3.65. The summed E-state index contributed by atoms with van der Waals surface area (Å²) in [4.78, 5) is 17.3. The number of aromatic nitrogens is 3. The Morgan fingerprint density at radius 2 is 1.81 bits per heavy atom. The van der Waals surface area contributed by atoms with E-state index < -0.39 is 6.04 Å². The first-order chi connectivity index (χ1) is 13.0. The van der Waals surface area contributed by atoms with Crippen LogP contribution in [0.2, 0.25) is 0 Å². The number of halogens is 1. The highest BCUT2D eigenvalue weighted by molar-refractivity contribution is 6.06. The van der Waals surface area contributed by atoms with Gasteiger partial charge in [0.25, 0.3) is 5.91 Å². The van der Waals surface area contributed by atoms with Crippen molar-refractivity contribution in [1.29, 1.82) is 0 Å². The van der Waals surface area contributed by atoms with Gasteiger partial charge in [-0.15, -0.1) is 0 Å². The molecule has 2 heterocycles. The van der Waals surface area contributed by atoms with Crippen molar-refractivity contribution < 1.29 is 9.18 Å². The van der Waals surface area contributed by atoms with Crippen LogP contribution in [0.25, 0.3) is 0 Å². The number of nitrogens with one attached hydrogen (secondary N) is 2. The maximum Gasteiger partial charge on any atom is 0.255 e. The molecule has 6 nitrogen and oxygen atoms in total. The lowest BCUT2D eigenvalue weighted by molar-refractivity contribution is -0.113. The zero-order valence-corrected chi connectivity index (χ0v) is 14.9. The summed E-state index contributed by atoms with van der Waals surface area (Å²) in [6, 6.07) is 13.1. The van der Waals surface area contributed by atoms with Crippen LogP contribution in [-0.4, -0.2) is 20.7 Å². The summed E-state index contributed by atoms with van der Waals surface area (Å²) in [5.74, 6) is -0.0501. The van der Waals surface area contributed by atoms with Gasteiger partial charge in [-0.3, -0.25) is 4.79 Å². The standard InChI is InChI=1S/C20H18FN5O/c1-12-3-9-16(10-4-12)25-19(27)17-13(2)24-20-22-11-23-26(20)18(17)14-5-7-15(21)8-6-14/h3-11,18H,1-2H3,(H,25,27)(H,22,23,24). The Balaban J connectivity index is 1.74. The fourth-order valence-electron chi connectivity index (χ4n) is 3.17. The molecule has 2 aromatic carbocycles. The number of allylic oxidation sites excluding steroid dienone is 1. The lowest BCUT2D eigenvalue weighted by Crippen LogP contribution is -2.31. The molecular formula is C20H18FN5O. The van der Waals surface area contributed by atoms with Gasteiger partial charge in [-0.25, -0.2) is 9.07 Å². The minimum atomic E-state index is -0.505.